The lowest BCUT2D eigenvalue weighted by Crippen LogP contribution is -2.53. The summed E-state index contributed by atoms with van der Waals surface area (Å²) >= 11 is 0. The molecule has 1 amide bonds. The van der Waals surface area contributed by atoms with Gasteiger partial charge in [-0.05, 0) is 49.4 Å². The number of aromatic nitrogens is 1. The Balaban J connectivity index is 1.37. The van der Waals surface area contributed by atoms with Gasteiger partial charge in [0, 0.05) is 57.3 Å². The van der Waals surface area contributed by atoms with Gasteiger partial charge >= 0.3 is 0 Å². The van der Waals surface area contributed by atoms with Crippen LogP contribution in [-0.4, -0.2) is 52.5 Å². The molecule has 2 bridgehead atoms. The number of likely N-dealkylation sites (tertiary alicyclic amines) is 2. The Morgan fingerprint density at radius 3 is 2.64 bits per heavy atom. The molecule has 6 heteroatoms. The van der Waals surface area contributed by atoms with E-state index in [1.165, 1.54) is 12.1 Å². The molecule has 2 saturated heterocycles. The number of carbonyl (C=O) groups is 1. The van der Waals surface area contributed by atoms with Crippen molar-refractivity contribution in [3.63, 3.8) is 0 Å². The second kappa shape index (κ2) is 6.92. The predicted molar refractivity (Wildman–Crippen MR) is 106 cm³/mol. The van der Waals surface area contributed by atoms with E-state index < -0.39 is 0 Å². The number of furan rings is 1. The maximum atomic E-state index is 13.1. The van der Waals surface area contributed by atoms with Crippen molar-refractivity contribution in [1.29, 1.82) is 0 Å². The van der Waals surface area contributed by atoms with Gasteiger partial charge in [0.2, 0.25) is 5.91 Å². The highest BCUT2D eigenvalue weighted by atomic mass is 16.3. The first-order valence-corrected chi connectivity index (χ1v) is 10.4. The molecule has 0 aliphatic carbocycles. The van der Waals surface area contributed by atoms with Crippen molar-refractivity contribution in [1.82, 2.24) is 14.4 Å². The summed E-state index contributed by atoms with van der Waals surface area (Å²) in [6, 6.07) is 8.28. The van der Waals surface area contributed by atoms with E-state index in [1.54, 1.807) is 13.2 Å². The van der Waals surface area contributed by atoms with E-state index in [2.05, 4.69) is 11.0 Å². The minimum Gasteiger partial charge on any atom is -0.464 e. The number of hydrogen-bond acceptors (Lipinski definition) is 4. The molecule has 0 saturated carbocycles. The van der Waals surface area contributed by atoms with Crippen LogP contribution in [0.15, 0.2) is 39.7 Å². The summed E-state index contributed by atoms with van der Waals surface area (Å²) in [5, 5.41) is 0. The van der Waals surface area contributed by atoms with Crippen LogP contribution in [0.2, 0.25) is 0 Å². The Labute approximate surface area is 164 Å². The topological polar surface area (TPSA) is 58.7 Å². The fourth-order valence-electron chi connectivity index (χ4n) is 5.45. The maximum Gasteiger partial charge on any atom is 0.261 e. The van der Waals surface area contributed by atoms with E-state index in [-0.39, 0.29) is 11.5 Å². The van der Waals surface area contributed by atoms with Crippen molar-refractivity contribution in [2.75, 3.05) is 26.2 Å². The van der Waals surface area contributed by atoms with Crippen molar-refractivity contribution in [3.05, 3.63) is 46.6 Å². The molecule has 148 valence electrons. The quantitative estimate of drug-likeness (QED) is 0.802. The zero-order valence-corrected chi connectivity index (χ0v) is 16.3. The molecule has 3 aliphatic heterocycles. The standard InChI is InChI=1S/C22H27N3O3/c1-15(26)23-8-6-18(7-9-23)24-12-16-11-17(14-24)20-5-4-19(21-3-2-10-28-21)22(27)25(20)13-16/h2-5,10,16-18H,6-9,11-14H2,1H3/t16-,17+/m0/s1. The van der Waals surface area contributed by atoms with Gasteiger partial charge < -0.3 is 13.9 Å². The highest BCUT2D eigenvalue weighted by Gasteiger charge is 2.38. The van der Waals surface area contributed by atoms with Crippen LogP contribution in [0.3, 0.4) is 0 Å². The molecule has 28 heavy (non-hydrogen) atoms. The Morgan fingerprint density at radius 2 is 1.93 bits per heavy atom. The molecule has 5 rings (SSSR count). The first-order valence-electron chi connectivity index (χ1n) is 10.4. The van der Waals surface area contributed by atoms with Crippen LogP contribution in [0, 0.1) is 5.92 Å². The smallest absolute Gasteiger partial charge is 0.261 e. The first-order chi connectivity index (χ1) is 13.6. The molecule has 0 N–H and O–H groups in total. The second-order valence-corrected chi connectivity index (χ2v) is 8.55. The summed E-state index contributed by atoms with van der Waals surface area (Å²) < 4.78 is 7.45. The van der Waals surface area contributed by atoms with Crippen LogP contribution < -0.4 is 5.56 Å². The van der Waals surface area contributed by atoms with E-state index in [1.807, 2.05) is 27.7 Å². The summed E-state index contributed by atoms with van der Waals surface area (Å²) in [6.07, 6.45) is 4.90. The lowest BCUT2D eigenvalue weighted by atomic mass is 9.81. The number of piperidine rings is 2. The van der Waals surface area contributed by atoms with Crippen molar-refractivity contribution in [3.8, 4) is 11.3 Å². The molecule has 2 atom stereocenters. The first kappa shape index (κ1) is 17.7. The van der Waals surface area contributed by atoms with Gasteiger partial charge in [0.05, 0.1) is 11.8 Å². The number of nitrogens with zero attached hydrogens (tertiary/aromatic N) is 3. The highest BCUT2D eigenvalue weighted by Crippen LogP contribution is 2.37. The normalized spacial score (nSPS) is 25.5. The fraction of sp³-hybridized carbons (Fsp3) is 0.545. The van der Waals surface area contributed by atoms with Crippen LogP contribution in [0.5, 0.6) is 0 Å². The SMILES string of the molecule is CC(=O)N1CCC(N2C[C@@H]3C[C@H](C2)c2ccc(-c4ccco4)c(=O)n2C3)CC1. The molecular formula is C22H27N3O3. The number of rotatable bonds is 2. The van der Waals surface area contributed by atoms with E-state index in [0.29, 0.717) is 29.2 Å². The van der Waals surface area contributed by atoms with Crippen LogP contribution in [0.4, 0.5) is 0 Å². The lowest BCUT2D eigenvalue weighted by Gasteiger charge is -2.47. The molecule has 5 heterocycles. The van der Waals surface area contributed by atoms with E-state index in [0.717, 1.165) is 45.6 Å². The summed E-state index contributed by atoms with van der Waals surface area (Å²) in [4.78, 5) is 29.3. The number of hydrogen-bond donors (Lipinski definition) is 0. The molecule has 0 radical (unpaired) electrons. The number of carbonyl (C=O) groups excluding carboxylic acids is 1. The second-order valence-electron chi connectivity index (χ2n) is 8.55. The molecular weight excluding hydrogens is 354 g/mol. The Hall–Kier alpha value is -2.34. The van der Waals surface area contributed by atoms with Gasteiger partial charge in [-0.2, -0.15) is 0 Å². The molecule has 2 aromatic heterocycles. The largest absolute Gasteiger partial charge is 0.464 e. The van der Waals surface area contributed by atoms with Crippen molar-refractivity contribution >= 4 is 5.91 Å². The summed E-state index contributed by atoms with van der Waals surface area (Å²) in [5.74, 6) is 1.77. The lowest BCUT2D eigenvalue weighted by molar-refractivity contribution is -0.130. The predicted octanol–water partition coefficient (Wildman–Crippen LogP) is 2.54. The van der Waals surface area contributed by atoms with Crippen LogP contribution in [-0.2, 0) is 11.3 Å². The molecule has 0 spiro atoms. The molecule has 2 aromatic rings. The Bertz CT molecular complexity index is 925. The minimum absolute atomic E-state index is 0.0744. The number of fused-ring (bicyclic) bond motifs is 4. The van der Waals surface area contributed by atoms with Gasteiger partial charge in [-0.25, -0.2) is 0 Å². The zero-order chi connectivity index (χ0) is 19.3. The van der Waals surface area contributed by atoms with Crippen molar-refractivity contribution in [2.45, 2.75) is 44.7 Å². The monoisotopic (exact) mass is 381 g/mol. The van der Waals surface area contributed by atoms with Gasteiger partial charge in [0.15, 0.2) is 0 Å². The fourth-order valence-corrected chi connectivity index (χ4v) is 5.45. The Morgan fingerprint density at radius 1 is 1.11 bits per heavy atom. The molecule has 6 nitrogen and oxygen atoms in total. The van der Waals surface area contributed by atoms with Crippen molar-refractivity contribution in [2.24, 2.45) is 5.92 Å². The van der Waals surface area contributed by atoms with E-state index >= 15 is 0 Å². The molecule has 0 aromatic carbocycles. The third kappa shape index (κ3) is 3.00. The van der Waals surface area contributed by atoms with Crippen molar-refractivity contribution < 1.29 is 9.21 Å². The molecule has 0 unspecified atom stereocenters. The summed E-state index contributed by atoms with van der Waals surface area (Å²) in [5.41, 5.74) is 1.90. The third-order valence-corrected chi connectivity index (χ3v) is 6.85. The van der Waals surface area contributed by atoms with Crippen LogP contribution in [0.1, 0.15) is 37.8 Å². The minimum atomic E-state index is 0.0744. The van der Waals surface area contributed by atoms with Gasteiger partial charge in [-0.3, -0.25) is 14.5 Å². The van der Waals surface area contributed by atoms with Gasteiger partial charge in [-0.1, -0.05) is 0 Å². The van der Waals surface area contributed by atoms with Crippen LogP contribution in [0.25, 0.3) is 11.3 Å². The molecule has 2 fully saturated rings. The maximum absolute atomic E-state index is 13.1. The average Bonchev–Trinajstić information content (AvgIpc) is 3.23. The van der Waals surface area contributed by atoms with Crippen LogP contribution >= 0.6 is 0 Å². The Kier molecular flexibility index (Phi) is 4.38. The summed E-state index contributed by atoms with van der Waals surface area (Å²) in [6.45, 7) is 6.26. The number of pyridine rings is 1. The van der Waals surface area contributed by atoms with Gasteiger partial charge in [-0.15, -0.1) is 0 Å². The highest BCUT2D eigenvalue weighted by molar-refractivity contribution is 5.73. The van der Waals surface area contributed by atoms with Gasteiger partial charge in [0.25, 0.3) is 5.56 Å². The molecule has 3 aliphatic rings. The summed E-state index contributed by atoms with van der Waals surface area (Å²) in [7, 11) is 0. The van der Waals surface area contributed by atoms with E-state index in [4.69, 9.17) is 4.42 Å². The third-order valence-electron chi connectivity index (χ3n) is 6.85. The average molecular weight is 381 g/mol. The van der Waals surface area contributed by atoms with E-state index in [9.17, 15) is 9.59 Å². The number of amides is 1. The zero-order valence-electron chi connectivity index (χ0n) is 16.3. The van der Waals surface area contributed by atoms with Gasteiger partial charge in [0.1, 0.15) is 5.76 Å².